The molecule has 14 heavy (non-hydrogen) atoms. The average Bonchev–Trinajstić information content (AvgIpc) is 2.78. The van der Waals surface area contributed by atoms with E-state index < -0.39 is 0 Å². The summed E-state index contributed by atoms with van der Waals surface area (Å²) in [6.45, 7) is 3.03. The van der Waals surface area contributed by atoms with Crippen LogP contribution in [0.15, 0.2) is 0 Å². The number of fused-ring (bicyclic) bond motifs is 4. The van der Waals surface area contributed by atoms with E-state index in [9.17, 15) is 0 Å². The van der Waals surface area contributed by atoms with Gasteiger partial charge in [0.05, 0.1) is 12.2 Å². The molecule has 0 amide bonds. The SMILES string of the molecule is C1NC2CC1OC2C12CNCC(C1)O2. The van der Waals surface area contributed by atoms with E-state index in [4.69, 9.17) is 9.47 Å². The van der Waals surface area contributed by atoms with E-state index in [0.717, 1.165) is 19.6 Å². The molecule has 0 aromatic carbocycles. The van der Waals surface area contributed by atoms with E-state index in [2.05, 4.69) is 10.6 Å². The highest BCUT2D eigenvalue weighted by molar-refractivity contribution is 5.13. The van der Waals surface area contributed by atoms with Crippen LogP contribution in [0.2, 0.25) is 0 Å². The molecule has 5 saturated heterocycles. The van der Waals surface area contributed by atoms with Crippen molar-refractivity contribution in [3.05, 3.63) is 0 Å². The van der Waals surface area contributed by atoms with Crippen LogP contribution in [0, 0.1) is 0 Å². The molecule has 5 unspecified atom stereocenters. The van der Waals surface area contributed by atoms with Crippen LogP contribution in [0.5, 0.6) is 0 Å². The number of ether oxygens (including phenoxy) is 2. The first-order chi connectivity index (χ1) is 6.86. The molecule has 5 aliphatic rings. The zero-order valence-corrected chi connectivity index (χ0v) is 8.16. The Kier molecular flexibility index (Phi) is 1.44. The third kappa shape index (κ3) is 0.877. The predicted molar refractivity (Wildman–Crippen MR) is 50.2 cm³/mol. The van der Waals surface area contributed by atoms with Gasteiger partial charge in [-0.1, -0.05) is 0 Å². The summed E-state index contributed by atoms with van der Waals surface area (Å²) in [6.07, 6.45) is 3.57. The van der Waals surface area contributed by atoms with Gasteiger partial charge in [-0.25, -0.2) is 0 Å². The van der Waals surface area contributed by atoms with Crippen LogP contribution < -0.4 is 10.6 Å². The van der Waals surface area contributed by atoms with Gasteiger partial charge in [0, 0.05) is 32.1 Å². The minimum absolute atomic E-state index is 0.00968. The maximum absolute atomic E-state index is 6.01. The van der Waals surface area contributed by atoms with Crippen LogP contribution in [0.1, 0.15) is 12.8 Å². The van der Waals surface area contributed by atoms with Crippen molar-refractivity contribution in [1.29, 1.82) is 0 Å². The first-order valence-electron chi connectivity index (χ1n) is 5.63. The quantitative estimate of drug-likeness (QED) is 0.579. The van der Waals surface area contributed by atoms with Crippen LogP contribution in [-0.2, 0) is 9.47 Å². The van der Waals surface area contributed by atoms with E-state index >= 15 is 0 Å². The Morgan fingerprint density at radius 2 is 2.14 bits per heavy atom. The standard InChI is InChI=1S/C10H16N2O2/c1-6-4-12-8(1)9(13-6)10-2-7(14-10)3-11-5-10/h6-9,11-12H,1-5H2. The highest BCUT2D eigenvalue weighted by Crippen LogP contribution is 2.45. The first-order valence-corrected chi connectivity index (χ1v) is 5.63. The van der Waals surface area contributed by atoms with Crippen LogP contribution in [0.25, 0.3) is 0 Å². The van der Waals surface area contributed by atoms with Gasteiger partial charge in [0.2, 0.25) is 0 Å². The van der Waals surface area contributed by atoms with E-state index in [1.54, 1.807) is 0 Å². The fourth-order valence-electron chi connectivity index (χ4n) is 3.52. The number of nitrogens with one attached hydrogen (secondary N) is 2. The molecule has 5 rings (SSSR count). The molecule has 5 aliphatic heterocycles. The molecule has 0 radical (unpaired) electrons. The minimum Gasteiger partial charge on any atom is -0.369 e. The van der Waals surface area contributed by atoms with Gasteiger partial charge in [-0.15, -0.1) is 0 Å². The topological polar surface area (TPSA) is 42.5 Å². The molecule has 0 saturated carbocycles. The summed E-state index contributed by atoms with van der Waals surface area (Å²) in [5, 5.41) is 6.95. The third-order valence-electron chi connectivity index (χ3n) is 4.12. The van der Waals surface area contributed by atoms with Gasteiger partial charge in [0.25, 0.3) is 0 Å². The van der Waals surface area contributed by atoms with Gasteiger partial charge < -0.3 is 20.1 Å². The summed E-state index contributed by atoms with van der Waals surface area (Å²) in [5.41, 5.74) is 0.00968. The van der Waals surface area contributed by atoms with E-state index in [1.165, 1.54) is 12.8 Å². The molecule has 0 aromatic rings. The van der Waals surface area contributed by atoms with E-state index in [-0.39, 0.29) is 5.60 Å². The van der Waals surface area contributed by atoms with Gasteiger partial charge in [-0.3, -0.25) is 0 Å². The van der Waals surface area contributed by atoms with Crippen molar-refractivity contribution in [2.45, 2.75) is 42.8 Å². The second-order valence-corrected chi connectivity index (χ2v) is 5.07. The van der Waals surface area contributed by atoms with Crippen LogP contribution in [0.3, 0.4) is 0 Å². The zero-order chi connectivity index (χ0) is 9.17. The van der Waals surface area contributed by atoms with Crippen molar-refractivity contribution in [2.75, 3.05) is 19.6 Å². The Labute approximate surface area is 83.3 Å². The van der Waals surface area contributed by atoms with Crippen molar-refractivity contribution >= 4 is 0 Å². The van der Waals surface area contributed by atoms with E-state index in [1.807, 2.05) is 0 Å². The van der Waals surface area contributed by atoms with Gasteiger partial charge in [0.1, 0.15) is 11.7 Å². The molecule has 4 heteroatoms. The lowest BCUT2D eigenvalue weighted by Gasteiger charge is -2.56. The van der Waals surface area contributed by atoms with E-state index in [0.29, 0.717) is 24.4 Å². The summed E-state index contributed by atoms with van der Waals surface area (Å²) in [6, 6.07) is 0.542. The highest BCUT2D eigenvalue weighted by atomic mass is 16.6. The molecule has 2 N–H and O–H groups in total. The first kappa shape index (κ1) is 8.05. The van der Waals surface area contributed by atoms with Crippen molar-refractivity contribution < 1.29 is 9.47 Å². The van der Waals surface area contributed by atoms with Gasteiger partial charge >= 0.3 is 0 Å². The monoisotopic (exact) mass is 196 g/mol. The number of hydrogen-bond acceptors (Lipinski definition) is 4. The molecule has 4 bridgehead atoms. The maximum atomic E-state index is 6.01. The molecule has 5 atom stereocenters. The Hall–Kier alpha value is -0.160. The van der Waals surface area contributed by atoms with Crippen molar-refractivity contribution in [3.63, 3.8) is 0 Å². The summed E-state index contributed by atoms with van der Waals surface area (Å²) < 4.78 is 12.0. The number of morpholine rings is 2. The van der Waals surface area contributed by atoms with Gasteiger partial charge in [0.15, 0.2) is 0 Å². The van der Waals surface area contributed by atoms with Crippen LogP contribution >= 0.6 is 0 Å². The van der Waals surface area contributed by atoms with Gasteiger partial charge in [-0.05, 0) is 6.42 Å². The molecule has 5 fully saturated rings. The Bertz CT molecular complexity index is 259. The molecular weight excluding hydrogens is 180 g/mol. The summed E-state index contributed by atoms with van der Waals surface area (Å²) in [5.74, 6) is 0. The molecule has 78 valence electrons. The summed E-state index contributed by atoms with van der Waals surface area (Å²) >= 11 is 0. The number of rotatable bonds is 1. The lowest BCUT2D eigenvalue weighted by Crippen LogP contribution is -2.72. The smallest absolute Gasteiger partial charge is 0.111 e. The molecule has 0 aromatic heterocycles. The largest absolute Gasteiger partial charge is 0.369 e. The highest BCUT2D eigenvalue weighted by Gasteiger charge is 2.60. The fourth-order valence-corrected chi connectivity index (χ4v) is 3.52. The van der Waals surface area contributed by atoms with Crippen molar-refractivity contribution in [1.82, 2.24) is 10.6 Å². The molecule has 5 heterocycles. The van der Waals surface area contributed by atoms with Crippen LogP contribution in [-0.4, -0.2) is 49.6 Å². The summed E-state index contributed by atoms with van der Waals surface area (Å²) in [4.78, 5) is 0. The Morgan fingerprint density at radius 3 is 2.71 bits per heavy atom. The number of piperidine rings is 1. The average molecular weight is 196 g/mol. The fraction of sp³-hybridized carbons (Fsp3) is 1.00. The number of hydrogen-bond donors (Lipinski definition) is 2. The van der Waals surface area contributed by atoms with Crippen molar-refractivity contribution in [2.24, 2.45) is 0 Å². The third-order valence-corrected chi connectivity index (χ3v) is 4.12. The normalized spacial score (nSPS) is 60.0. The molecule has 0 aliphatic carbocycles. The lowest BCUT2D eigenvalue weighted by atomic mass is 9.78. The second-order valence-electron chi connectivity index (χ2n) is 5.07. The molecular formula is C10H16N2O2. The lowest BCUT2D eigenvalue weighted by molar-refractivity contribution is -0.276. The maximum Gasteiger partial charge on any atom is 0.111 e. The Morgan fingerprint density at radius 1 is 1.21 bits per heavy atom. The predicted octanol–water partition coefficient (Wildman–Crippen LogP) is -0.753. The second kappa shape index (κ2) is 2.50. The van der Waals surface area contributed by atoms with Crippen LogP contribution in [0.4, 0.5) is 0 Å². The minimum atomic E-state index is 0.00968. The van der Waals surface area contributed by atoms with Gasteiger partial charge in [-0.2, -0.15) is 0 Å². The summed E-state index contributed by atoms with van der Waals surface area (Å²) in [7, 11) is 0. The zero-order valence-electron chi connectivity index (χ0n) is 8.16. The van der Waals surface area contributed by atoms with Crippen molar-refractivity contribution in [3.8, 4) is 0 Å². The Balaban J connectivity index is 1.58. The molecule has 4 nitrogen and oxygen atoms in total. The molecule has 0 spiro atoms.